The van der Waals surface area contributed by atoms with Crippen LogP contribution in [0.2, 0.25) is 0 Å². The summed E-state index contributed by atoms with van der Waals surface area (Å²) in [5.74, 6) is -0.00887. The van der Waals surface area contributed by atoms with Gasteiger partial charge in [0, 0.05) is 25.8 Å². The number of hydrogen-bond acceptors (Lipinski definition) is 3. The Labute approximate surface area is 113 Å². The van der Waals surface area contributed by atoms with Crippen LogP contribution in [0.4, 0.5) is 0 Å². The summed E-state index contributed by atoms with van der Waals surface area (Å²) in [5.41, 5.74) is 1.29. The molecule has 1 aromatic heterocycles. The van der Waals surface area contributed by atoms with Crippen molar-refractivity contribution in [3.05, 3.63) is 23.5 Å². The highest BCUT2D eigenvalue weighted by molar-refractivity contribution is 5.93. The lowest BCUT2D eigenvalue weighted by Gasteiger charge is -2.42. The number of carbonyl (C=O) groups is 1. The van der Waals surface area contributed by atoms with Gasteiger partial charge in [-0.05, 0) is 32.9 Å². The molecule has 1 N–H and O–H groups in total. The Morgan fingerprint density at radius 1 is 1.53 bits per heavy atom. The number of carbonyl (C=O) groups excluding carboxylic acids is 1. The van der Waals surface area contributed by atoms with Crippen molar-refractivity contribution in [2.24, 2.45) is 7.05 Å². The molecule has 1 unspecified atom stereocenters. The van der Waals surface area contributed by atoms with Crippen LogP contribution in [-0.4, -0.2) is 51.9 Å². The van der Waals surface area contributed by atoms with Crippen LogP contribution in [0.15, 0.2) is 12.1 Å². The summed E-state index contributed by atoms with van der Waals surface area (Å²) in [6, 6.07) is 3.77. The second-order valence-corrected chi connectivity index (χ2v) is 5.79. The van der Waals surface area contributed by atoms with E-state index >= 15 is 0 Å². The second-order valence-electron chi connectivity index (χ2n) is 5.79. The SMILES string of the molecule is Cc1ccc(C(=O)N2CC(CO)OC(C)(C)C2)n1C. The number of hydrogen-bond donors (Lipinski definition) is 1. The minimum atomic E-state index is -0.429. The first-order valence-electron chi connectivity index (χ1n) is 6.54. The van der Waals surface area contributed by atoms with Gasteiger partial charge in [0.05, 0.1) is 18.3 Å². The normalized spacial score (nSPS) is 22.6. The van der Waals surface area contributed by atoms with Gasteiger partial charge in [-0.15, -0.1) is 0 Å². The predicted octanol–water partition coefficient (Wildman–Crippen LogP) is 0.945. The number of aliphatic hydroxyl groups excluding tert-OH is 1. The van der Waals surface area contributed by atoms with Crippen LogP contribution in [0.5, 0.6) is 0 Å². The molecule has 2 heterocycles. The molecule has 1 aliphatic rings. The Morgan fingerprint density at radius 2 is 2.21 bits per heavy atom. The maximum absolute atomic E-state index is 12.6. The molecule has 1 atom stereocenters. The highest BCUT2D eigenvalue weighted by Crippen LogP contribution is 2.22. The summed E-state index contributed by atoms with van der Waals surface area (Å²) in [5, 5.41) is 9.28. The molecule has 19 heavy (non-hydrogen) atoms. The highest BCUT2D eigenvalue weighted by atomic mass is 16.5. The van der Waals surface area contributed by atoms with E-state index in [0.29, 0.717) is 18.8 Å². The fourth-order valence-electron chi connectivity index (χ4n) is 2.54. The van der Waals surface area contributed by atoms with Crippen molar-refractivity contribution in [1.82, 2.24) is 9.47 Å². The number of ether oxygens (including phenoxy) is 1. The van der Waals surface area contributed by atoms with Crippen molar-refractivity contribution in [2.45, 2.75) is 32.5 Å². The Balaban J connectivity index is 2.21. The maximum atomic E-state index is 12.6. The van der Waals surface area contributed by atoms with E-state index in [9.17, 15) is 9.90 Å². The summed E-state index contributed by atoms with van der Waals surface area (Å²) < 4.78 is 7.61. The fraction of sp³-hybridized carbons (Fsp3) is 0.643. The van der Waals surface area contributed by atoms with Crippen molar-refractivity contribution in [3.8, 4) is 0 Å². The van der Waals surface area contributed by atoms with Crippen LogP contribution in [0, 0.1) is 6.92 Å². The van der Waals surface area contributed by atoms with E-state index in [2.05, 4.69) is 0 Å². The van der Waals surface area contributed by atoms with E-state index in [1.54, 1.807) is 4.90 Å². The number of aryl methyl sites for hydroxylation is 1. The zero-order valence-electron chi connectivity index (χ0n) is 12.0. The number of aliphatic hydroxyl groups is 1. The van der Waals surface area contributed by atoms with Crippen molar-refractivity contribution in [3.63, 3.8) is 0 Å². The Kier molecular flexibility index (Phi) is 3.69. The fourth-order valence-corrected chi connectivity index (χ4v) is 2.54. The number of morpholine rings is 1. The lowest BCUT2D eigenvalue weighted by atomic mass is 10.0. The standard InChI is InChI=1S/C14H22N2O3/c1-10-5-6-12(15(10)4)13(18)16-7-11(8-17)19-14(2,3)9-16/h5-6,11,17H,7-9H2,1-4H3. The van der Waals surface area contributed by atoms with E-state index < -0.39 is 5.60 Å². The van der Waals surface area contributed by atoms with Gasteiger partial charge in [-0.25, -0.2) is 0 Å². The zero-order valence-corrected chi connectivity index (χ0v) is 12.0. The van der Waals surface area contributed by atoms with Crippen LogP contribution in [0.3, 0.4) is 0 Å². The van der Waals surface area contributed by atoms with Gasteiger partial charge in [0.1, 0.15) is 5.69 Å². The van der Waals surface area contributed by atoms with E-state index in [0.717, 1.165) is 5.69 Å². The van der Waals surface area contributed by atoms with Crippen LogP contribution < -0.4 is 0 Å². The minimum Gasteiger partial charge on any atom is -0.394 e. The predicted molar refractivity (Wildman–Crippen MR) is 72.1 cm³/mol. The van der Waals surface area contributed by atoms with E-state index in [-0.39, 0.29) is 18.6 Å². The molecular weight excluding hydrogens is 244 g/mol. The minimum absolute atomic E-state index is 0.00887. The molecule has 0 aromatic carbocycles. The van der Waals surface area contributed by atoms with Crippen LogP contribution in [-0.2, 0) is 11.8 Å². The summed E-state index contributed by atoms with van der Waals surface area (Å²) in [6.07, 6.45) is -0.311. The van der Waals surface area contributed by atoms with Crippen molar-refractivity contribution >= 4 is 5.91 Å². The van der Waals surface area contributed by atoms with Gasteiger partial charge in [0.25, 0.3) is 5.91 Å². The molecule has 106 valence electrons. The quantitative estimate of drug-likeness (QED) is 0.867. The Hall–Kier alpha value is -1.33. The number of amides is 1. The van der Waals surface area contributed by atoms with Gasteiger partial charge < -0.3 is 19.3 Å². The monoisotopic (exact) mass is 266 g/mol. The van der Waals surface area contributed by atoms with Gasteiger partial charge >= 0.3 is 0 Å². The summed E-state index contributed by atoms with van der Waals surface area (Å²) in [6.45, 7) is 6.74. The van der Waals surface area contributed by atoms with E-state index in [1.165, 1.54) is 0 Å². The molecule has 1 aliphatic heterocycles. The average Bonchev–Trinajstić information content (AvgIpc) is 2.67. The van der Waals surface area contributed by atoms with Gasteiger partial charge in [0.2, 0.25) is 0 Å². The average molecular weight is 266 g/mol. The maximum Gasteiger partial charge on any atom is 0.270 e. The summed E-state index contributed by atoms with van der Waals surface area (Å²) >= 11 is 0. The van der Waals surface area contributed by atoms with Gasteiger partial charge in [-0.3, -0.25) is 4.79 Å². The molecule has 1 saturated heterocycles. The van der Waals surface area contributed by atoms with Gasteiger partial charge in [-0.1, -0.05) is 0 Å². The molecule has 1 aromatic rings. The number of rotatable bonds is 2. The molecule has 2 rings (SSSR count). The third-order valence-electron chi connectivity index (χ3n) is 3.56. The van der Waals surface area contributed by atoms with Gasteiger partial charge in [-0.2, -0.15) is 0 Å². The molecule has 0 radical (unpaired) electrons. The molecule has 0 bridgehead atoms. The second kappa shape index (κ2) is 4.98. The third kappa shape index (κ3) is 2.82. The largest absolute Gasteiger partial charge is 0.394 e. The first-order chi connectivity index (χ1) is 8.84. The lowest BCUT2D eigenvalue weighted by Crippen LogP contribution is -2.55. The van der Waals surface area contributed by atoms with Crippen LogP contribution >= 0.6 is 0 Å². The molecule has 0 saturated carbocycles. The summed E-state index contributed by atoms with van der Waals surface area (Å²) in [7, 11) is 1.89. The first-order valence-corrected chi connectivity index (χ1v) is 6.54. The van der Waals surface area contributed by atoms with Crippen molar-refractivity contribution < 1.29 is 14.6 Å². The molecule has 0 aliphatic carbocycles. The molecule has 1 fully saturated rings. The smallest absolute Gasteiger partial charge is 0.270 e. The van der Waals surface area contributed by atoms with Gasteiger partial charge in [0.15, 0.2) is 0 Å². The highest BCUT2D eigenvalue weighted by Gasteiger charge is 2.36. The molecule has 0 spiro atoms. The van der Waals surface area contributed by atoms with Crippen molar-refractivity contribution in [1.29, 1.82) is 0 Å². The first kappa shape index (κ1) is 14.1. The van der Waals surface area contributed by atoms with Crippen LogP contribution in [0.1, 0.15) is 30.0 Å². The van der Waals surface area contributed by atoms with E-state index in [4.69, 9.17) is 4.74 Å². The number of nitrogens with zero attached hydrogens (tertiary/aromatic N) is 2. The molecular formula is C14H22N2O3. The Bertz CT molecular complexity index is 479. The van der Waals surface area contributed by atoms with Crippen LogP contribution in [0.25, 0.3) is 0 Å². The molecule has 5 heteroatoms. The molecule has 1 amide bonds. The van der Waals surface area contributed by atoms with E-state index in [1.807, 2.05) is 44.5 Å². The third-order valence-corrected chi connectivity index (χ3v) is 3.56. The zero-order chi connectivity index (χ0) is 14.2. The lowest BCUT2D eigenvalue weighted by molar-refractivity contribution is -0.139. The Morgan fingerprint density at radius 3 is 2.74 bits per heavy atom. The number of aromatic nitrogens is 1. The topological polar surface area (TPSA) is 54.7 Å². The van der Waals surface area contributed by atoms with Crippen molar-refractivity contribution in [2.75, 3.05) is 19.7 Å². The summed E-state index contributed by atoms with van der Waals surface area (Å²) in [4.78, 5) is 14.3. The molecule has 5 nitrogen and oxygen atoms in total.